The molecule has 13 heavy (non-hydrogen) atoms. The van der Waals surface area contributed by atoms with Crippen LogP contribution >= 0.6 is 0 Å². The molecule has 0 saturated carbocycles. The van der Waals surface area contributed by atoms with Crippen molar-refractivity contribution in [3.8, 4) is 0 Å². The van der Waals surface area contributed by atoms with Gasteiger partial charge in [0, 0.05) is 0 Å². The normalized spacial score (nSPS) is 10.7. The minimum Gasteiger partial charge on any atom is -0.467 e. The molecule has 0 saturated heterocycles. The zero-order valence-corrected chi connectivity index (χ0v) is 8.64. The van der Waals surface area contributed by atoms with Gasteiger partial charge in [-0.1, -0.05) is 13.8 Å². The lowest BCUT2D eigenvalue weighted by Crippen LogP contribution is -2.54. The number of carbonyl (C=O) groups is 2. The van der Waals surface area contributed by atoms with Crippen molar-refractivity contribution < 1.29 is 14.3 Å². The fourth-order valence-electron chi connectivity index (χ4n) is 1.30. The molecule has 0 aromatic rings. The van der Waals surface area contributed by atoms with E-state index in [1.54, 1.807) is 0 Å². The topological polar surface area (TPSA) is 55.4 Å². The molecular formula is C8H16BNO3. The predicted octanol–water partition coefficient (Wildman–Crippen LogP) is 0.0609. The molecule has 0 bridgehead atoms. The third-order valence-electron chi connectivity index (χ3n) is 2.20. The number of ether oxygens (including phenoxy) is 1. The Morgan fingerprint density at radius 1 is 1.38 bits per heavy atom. The Kier molecular flexibility index (Phi) is 4.52. The molecule has 0 aliphatic carbocycles. The zero-order chi connectivity index (χ0) is 10.5. The van der Waals surface area contributed by atoms with Crippen molar-refractivity contribution in [3.63, 3.8) is 0 Å². The van der Waals surface area contributed by atoms with Crippen LogP contribution in [0, 0.1) is 0 Å². The number of nitrogens with one attached hydrogen (secondary N) is 1. The molecule has 0 aliphatic heterocycles. The Morgan fingerprint density at radius 3 is 2.08 bits per heavy atom. The van der Waals surface area contributed by atoms with Gasteiger partial charge in [0.25, 0.3) is 0 Å². The van der Waals surface area contributed by atoms with E-state index in [0.29, 0.717) is 12.8 Å². The Morgan fingerprint density at radius 2 is 1.85 bits per heavy atom. The van der Waals surface area contributed by atoms with Crippen LogP contribution in [0.4, 0.5) is 4.79 Å². The number of hydrogen-bond acceptors (Lipinski definition) is 3. The summed E-state index contributed by atoms with van der Waals surface area (Å²) in [7, 11) is 2.72. The smallest absolute Gasteiger partial charge is 0.331 e. The largest absolute Gasteiger partial charge is 0.467 e. The van der Waals surface area contributed by atoms with E-state index in [2.05, 4.69) is 10.1 Å². The van der Waals surface area contributed by atoms with Crippen LogP contribution in [0.5, 0.6) is 0 Å². The highest BCUT2D eigenvalue weighted by molar-refractivity contribution is 6.57. The van der Waals surface area contributed by atoms with E-state index in [-0.39, 0.29) is 11.8 Å². The summed E-state index contributed by atoms with van der Waals surface area (Å²) in [5.41, 5.74) is -0.847. The van der Waals surface area contributed by atoms with E-state index in [9.17, 15) is 9.59 Å². The number of rotatable bonds is 4. The molecule has 5 heteroatoms. The first kappa shape index (κ1) is 12.0. The quantitative estimate of drug-likeness (QED) is 0.497. The molecule has 0 atom stereocenters. The first-order chi connectivity index (χ1) is 6.02. The lowest BCUT2D eigenvalue weighted by molar-refractivity contribution is -0.148. The fraction of sp³-hybridized carbons (Fsp3) is 0.750. The van der Waals surface area contributed by atoms with E-state index < -0.39 is 5.54 Å². The Labute approximate surface area is 79.4 Å². The summed E-state index contributed by atoms with van der Waals surface area (Å²) in [6, 6.07) is 0. The summed E-state index contributed by atoms with van der Waals surface area (Å²) in [5.74, 6) is -0.596. The number of carbonyl (C=O) groups excluding carboxylic acids is 2. The average Bonchev–Trinajstić information content (AvgIpc) is 2.12. The van der Waals surface area contributed by atoms with Gasteiger partial charge in [0.1, 0.15) is 5.54 Å². The number of esters is 1. The van der Waals surface area contributed by atoms with Crippen molar-refractivity contribution in [3.05, 3.63) is 0 Å². The number of amides is 1. The third kappa shape index (κ3) is 2.75. The van der Waals surface area contributed by atoms with E-state index in [1.165, 1.54) is 15.0 Å². The lowest BCUT2D eigenvalue weighted by Gasteiger charge is -2.29. The highest BCUT2D eigenvalue weighted by Crippen LogP contribution is 2.16. The van der Waals surface area contributed by atoms with Crippen LogP contribution in [0.15, 0.2) is 0 Å². The minimum absolute atomic E-state index is 0.214. The maximum Gasteiger partial charge on any atom is 0.331 e. The van der Waals surface area contributed by atoms with Gasteiger partial charge in [-0.3, -0.25) is 4.79 Å². The Bertz CT molecular complexity index is 202. The van der Waals surface area contributed by atoms with Crippen LogP contribution in [0.2, 0.25) is 0 Å². The summed E-state index contributed by atoms with van der Waals surface area (Å²) in [6.45, 7) is 3.69. The number of methoxy groups -OCH3 is 1. The van der Waals surface area contributed by atoms with Gasteiger partial charge in [-0.2, -0.15) is 0 Å². The summed E-state index contributed by atoms with van der Waals surface area (Å²) in [5, 5.41) is 2.63. The number of hydrogen-bond donors (Lipinski definition) is 1. The van der Waals surface area contributed by atoms with Crippen LogP contribution in [-0.4, -0.2) is 32.3 Å². The van der Waals surface area contributed by atoms with Gasteiger partial charge < -0.3 is 10.1 Å². The second-order valence-corrected chi connectivity index (χ2v) is 2.96. The molecular weight excluding hydrogens is 169 g/mol. The van der Waals surface area contributed by atoms with Gasteiger partial charge >= 0.3 is 5.97 Å². The second-order valence-electron chi connectivity index (χ2n) is 2.96. The molecule has 74 valence electrons. The average molecular weight is 185 g/mol. The molecule has 0 radical (unpaired) electrons. The van der Waals surface area contributed by atoms with Gasteiger partial charge in [-0.15, -0.1) is 0 Å². The van der Waals surface area contributed by atoms with Crippen LogP contribution in [0.1, 0.15) is 26.7 Å². The first-order valence-corrected chi connectivity index (χ1v) is 4.39. The van der Waals surface area contributed by atoms with Crippen molar-refractivity contribution in [2.45, 2.75) is 32.2 Å². The summed E-state index contributed by atoms with van der Waals surface area (Å²) in [6.07, 6.45) is 1.07. The second kappa shape index (κ2) is 4.89. The van der Waals surface area contributed by atoms with Crippen LogP contribution < -0.4 is 5.32 Å². The molecule has 1 N–H and O–H groups in total. The van der Waals surface area contributed by atoms with Crippen molar-refractivity contribution in [1.82, 2.24) is 5.32 Å². The zero-order valence-electron chi connectivity index (χ0n) is 8.64. The maximum atomic E-state index is 11.4. The van der Waals surface area contributed by atoms with Gasteiger partial charge in [0.05, 0.1) is 7.11 Å². The standard InChI is InChI=1S/C8H16BNO3/c1-4-8(5-2,6(11)13-3)10-7(9)12/h4-5,9H2,1-3H3,(H,10,12). The summed E-state index contributed by atoms with van der Waals surface area (Å²) >= 11 is 0. The van der Waals surface area contributed by atoms with E-state index in [4.69, 9.17) is 0 Å². The van der Waals surface area contributed by atoms with Crippen LogP contribution in [0.25, 0.3) is 0 Å². The molecule has 1 amide bonds. The maximum absolute atomic E-state index is 11.4. The van der Waals surface area contributed by atoms with Gasteiger partial charge in [-0.05, 0) is 12.8 Å². The lowest BCUT2D eigenvalue weighted by atomic mass is 9.91. The van der Waals surface area contributed by atoms with Crippen LogP contribution in [-0.2, 0) is 9.53 Å². The molecule has 4 nitrogen and oxygen atoms in total. The summed E-state index contributed by atoms with van der Waals surface area (Å²) in [4.78, 5) is 22.3. The molecule has 0 unspecified atom stereocenters. The third-order valence-corrected chi connectivity index (χ3v) is 2.20. The molecule has 0 aromatic carbocycles. The van der Waals surface area contributed by atoms with Gasteiger partial charge in [0.15, 0.2) is 5.81 Å². The highest BCUT2D eigenvalue weighted by Gasteiger charge is 2.36. The molecule has 0 aliphatic rings. The minimum atomic E-state index is -0.847. The predicted molar refractivity (Wildman–Crippen MR) is 52.4 cm³/mol. The first-order valence-electron chi connectivity index (χ1n) is 4.39. The summed E-state index contributed by atoms with van der Waals surface area (Å²) < 4.78 is 4.64. The van der Waals surface area contributed by atoms with E-state index in [1.807, 2.05) is 13.8 Å². The molecule has 0 spiro atoms. The SMILES string of the molecule is BC(=O)NC(CC)(CC)C(=O)OC. The van der Waals surface area contributed by atoms with E-state index >= 15 is 0 Å². The Balaban J connectivity index is 4.68. The van der Waals surface area contributed by atoms with Crippen molar-refractivity contribution in [1.29, 1.82) is 0 Å². The molecule has 0 aromatic heterocycles. The van der Waals surface area contributed by atoms with Crippen molar-refractivity contribution in [2.75, 3.05) is 7.11 Å². The van der Waals surface area contributed by atoms with Crippen LogP contribution in [0.3, 0.4) is 0 Å². The Hall–Kier alpha value is -0.995. The van der Waals surface area contributed by atoms with Gasteiger partial charge in [0.2, 0.25) is 7.85 Å². The molecule has 0 heterocycles. The van der Waals surface area contributed by atoms with Gasteiger partial charge in [-0.25, -0.2) is 4.79 Å². The van der Waals surface area contributed by atoms with Crippen molar-refractivity contribution >= 4 is 19.6 Å². The molecule has 0 fully saturated rings. The van der Waals surface area contributed by atoms with E-state index in [0.717, 1.165) is 0 Å². The fourth-order valence-corrected chi connectivity index (χ4v) is 1.30. The molecule has 0 rings (SSSR count). The highest BCUT2D eigenvalue weighted by atomic mass is 16.5. The van der Waals surface area contributed by atoms with Crippen molar-refractivity contribution in [2.24, 2.45) is 0 Å². The monoisotopic (exact) mass is 185 g/mol.